The second-order valence-corrected chi connectivity index (χ2v) is 7.28. The van der Waals surface area contributed by atoms with Gasteiger partial charge in [-0.25, -0.2) is 4.98 Å². The third-order valence-corrected chi connectivity index (χ3v) is 5.48. The number of piperazine rings is 1. The fraction of sp³-hybridized carbons (Fsp3) is 0.800. The van der Waals surface area contributed by atoms with E-state index in [4.69, 9.17) is 0 Å². The number of hydrogen-bond donors (Lipinski definition) is 1. The van der Waals surface area contributed by atoms with Crippen molar-refractivity contribution in [2.24, 2.45) is 5.92 Å². The van der Waals surface area contributed by atoms with Crippen LogP contribution in [-0.4, -0.2) is 34.6 Å². The van der Waals surface area contributed by atoms with Crippen molar-refractivity contribution < 1.29 is 0 Å². The fourth-order valence-electron chi connectivity index (χ4n) is 3.75. The quantitative estimate of drug-likeness (QED) is 0.922. The minimum atomic E-state index is 0.404. The molecule has 0 radical (unpaired) electrons. The van der Waals surface area contributed by atoms with Crippen LogP contribution in [0.3, 0.4) is 0 Å². The van der Waals surface area contributed by atoms with E-state index in [1.54, 1.807) is 11.3 Å². The molecule has 1 atom stereocenters. The average Bonchev–Trinajstić information content (AvgIpc) is 3.01. The zero-order valence-corrected chi connectivity index (χ0v) is 12.9. The van der Waals surface area contributed by atoms with Crippen LogP contribution in [0.1, 0.15) is 45.2 Å². The summed E-state index contributed by atoms with van der Waals surface area (Å²) in [6.07, 6.45) is 5.49. The van der Waals surface area contributed by atoms with Gasteiger partial charge in [0, 0.05) is 36.6 Å². The molecule has 2 aliphatic rings. The standard InChI is InChI=1S/C15H25N3S/c1-12(2)14-7-17-15(5-3-4-6-15)10-18(14)8-13-9-19-11-16-13/h9,11-12,14,17H,3-8,10H2,1-2H3. The molecule has 2 fully saturated rings. The Morgan fingerprint density at radius 3 is 2.89 bits per heavy atom. The lowest BCUT2D eigenvalue weighted by molar-refractivity contribution is 0.0499. The Labute approximate surface area is 120 Å². The summed E-state index contributed by atoms with van der Waals surface area (Å²) in [5, 5.41) is 6.07. The molecule has 19 heavy (non-hydrogen) atoms. The Morgan fingerprint density at radius 2 is 2.26 bits per heavy atom. The highest BCUT2D eigenvalue weighted by atomic mass is 32.1. The van der Waals surface area contributed by atoms with Crippen LogP contribution in [0, 0.1) is 5.92 Å². The van der Waals surface area contributed by atoms with E-state index in [1.165, 1.54) is 37.9 Å². The average molecular weight is 279 g/mol. The molecule has 1 saturated heterocycles. The SMILES string of the molecule is CC(C)C1CNC2(CCCC2)CN1Cc1cscn1. The van der Waals surface area contributed by atoms with Crippen molar-refractivity contribution >= 4 is 11.3 Å². The molecule has 0 bridgehead atoms. The molecule has 1 aliphatic carbocycles. The van der Waals surface area contributed by atoms with Crippen molar-refractivity contribution in [1.29, 1.82) is 0 Å². The van der Waals surface area contributed by atoms with E-state index >= 15 is 0 Å². The van der Waals surface area contributed by atoms with Gasteiger partial charge in [-0.1, -0.05) is 26.7 Å². The van der Waals surface area contributed by atoms with Gasteiger partial charge in [-0.2, -0.15) is 0 Å². The predicted octanol–water partition coefficient (Wildman–Crippen LogP) is 2.89. The second-order valence-electron chi connectivity index (χ2n) is 6.56. The smallest absolute Gasteiger partial charge is 0.0795 e. The van der Waals surface area contributed by atoms with E-state index in [0.29, 0.717) is 17.5 Å². The van der Waals surface area contributed by atoms with Crippen LogP contribution in [-0.2, 0) is 6.54 Å². The summed E-state index contributed by atoms with van der Waals surface area (Å²) in [6, 6.07) is 0.646. The number of aromatic nitrogens is 1. The summed E-state index contributed by atoms with van der Waals surface area (Å²) < 4.78 is 0. The van der Waals surface area contributed by atoms with Gasteiger partial charge in [-0.3, -0.25) is 4.90 Å². The molecule has 1 saturated carbocycles. The zero-order chi connectivity index (χ0) is 13.3. The second kappa shape index (κ2) is 5.51. The van der Waals surface area contributed by atoms with Crippen LogP contribution >= 0.6 is 11.3 Å². The van der Waals surface area contributed by atoms with Crippen LogP contribution in [0.15, 0.2) is 10.9 Å². The molecule has 3 rings (SSSR count). The minimum Gasteiger partial charge on any atom is -0.308 e. The molecule has 0 amide bonds. The van der Waals surface area contributed by atoms with Gasteiger partial charge in [0.1, 0.15) is 0 Å². The van der Waals surface area contributed by atoms with Gasteiger partial charge in [-0.15, -0.1) is 11.3 Å². The number of thiazole rings is 1. The number of nitrogens with zero attached hydrogens (tertiary/aromatic N) is 2. The van der Waals surface area contributed by atoms with Crippen LogP contribution in [0.4, 0.5) is 0 Å². The Kier molecular flexibility index (Phi) is 3.92. The van der Waals surface area contributed by atoms with Crippen LogP contribution in [0.2, 0.25) is 0 Å². The lowest BCUT2D eigenvalue weighted by Gasteiger charge is -2.47. The number of nitrogens with one attached hydrogen (secondary N) is 1. The minimum absolute atomic E-state index is 0.404. The van der Waals surface area contributed by atoms with Gasteiger partial charge in [0.15, 0.2) is 0 Å². The van der Waals surface area contributed by atoms with Gasteiger partial charge in [0.2, 0.25) is 0 Å². The first-order chi connectivity index (χ1) is 9.19. The molecule has 1 aromatic rings. The van der Waals surface area contributed by atoms with Crippen LogP contribution in [0.5, 0.6) is 0 Å². The molecule has 1 aliphatic heterocycles. The highest BCUT2D eigenvalue weighted by molar-refractivity contribution is 7.07. The van der Waals surface area contributed by atoms with E-state index < -0.39 is 0 Å². The molecule has 4 heteroatoms. The van der Waals surface area contributed by atoms with Crippen LogP contribution < -0.4 is 5.32 Å². The monoisotopic (exact) mass is 279 g/mol. The topological polar surface area (TPSA) is 28.2 Å². The summed E-state index contributed by atoms with van der Waals surface area (Å²) >= 11 is 1.71. The maximum absolute atomic E-state index is 4.48. The molecule has 1 spiro atoms. The molecule has 1 unspecified atom stereocenters. The maximum atomic E-state index is 4.48. The van der Waals surface area contributed by atoms with Crippen molar-refractivity contribution in [2.75, 3.05) is 13.1 Å². The summed E-state index contributed by atoms with van der Waals surface area (Å²) in [4.78, 5) is 7.16. The Bertz CT molecular complexity index is 396. The Hall–Kier alpha value is -0.450. The molecule has 1 aromatic heterocycles. The largest absolute Gasteiger partial charge is 0.308 e. The van der Waals surface area contributed by atoms with E-state index in [1.807, 2.05) is 5.51 Å². The van der Waals surface area contributed by atoms with E-state index in [-0.39, 0.29) is 0 Å². The highest BCUT2D eigenvalue weighted by Gasteiger charge is 2.41. The predicted molar refractivity (Wildman–Crippen MR) is 80.4 cm³/mol. The molecule has 3 nitrogen and oxygen atoms in total. The third-order valence-electron chi connectivity index (χ3n) is 4.84. The number of rotatable bonds is 3. The fourth-order valence-corrected chi connectivity index (χ4v) is 4.30. The summed E-state index contributed by atoms with van der Waals surface area (Å²) in [5.74, 6) is 0.699. The van der Waals surface area contributed by atoms with Crippen molar-refractivity contribution in [3.8, 4) is 0 Å². The molecule has 0 aromatic carbocycles. The normalized spacial score (nSPS) is 27.4. The molecular formula is C15H25N3S. The van der Waals surface area contributed by atoms with Crippen molar-refractivity contribution in [3.05, 3.63) is 16.6 Å². The number of hydrogen-bond acceptors (Lipinski definition) is 4. The first-order valence-electron chi connectivity index (χ1n) is 7.55. The Morgan fingerprint density at radius 1 is 1.47 bits per heavy atom. The van der Waals surface area contributed by atoms with E-state index in [0.717, 1.165) is 13.1 Å². The van der Waals surface area contributed by atoms with Gasteiger partial charge in [0.05, 0.1) is 11.2 Å². The third kappa shape index (κ3) is 2.86. The molecule has 1 N–H and O–H groups in total. The first-order valence-corrected chi connectivity index (χ1v) is 8.49. The molecular weight excluding hydrogens is 254 g/mol. The van der Waals surface area contributed by atoms with Crippen molar-refractivity contribution in [2.45, 2.75) is 57.7 Å². The lowest BCUT2D eigenvalue weighted by atomic mass is 9.89. The van der Waals surface area contributed by atoms with E-state index in [9.17, 15) is 0 Å². The van der Waals surface area contributed by atoms with E-state index in [2.05, 4.69) is 34.4 Å². The van der Waals surface area contributed by atoms with Gasteiger partial charge < -0.3 is 5.32 Å². The van der Waals surface area contributed by atoms with Crippen molar-refractivity contribution in [3.63, 3.8) is 0 Å². The maximum Gasteiger partial charge on any atom is 0.0795 e. The Balaban J connectivity index is 1.74. The molecule has 2 heterocycles. The summed E-state index contributed by atoms with van der Waals surface area (Å²) in [5.41, 5.74) is 3.60. The summed E-state index contributed by atoms with van der Waals surface area (Å²) in [6.45, 7) is 8.05. The van der Waals surface area contributed by atoms with Gasteiger partial charge >= 0.3 is 0 Å². The lowest BCUT2D eigenvalue weighted by Crippen LogP contribution is -2.64. The zero-order valence-electron chi connectivity index (χ0n) is 12.1. The van der Waals surface area contributed by atoms with Gasteiger partial charge in [-0.05, 0) is 18.8 Å². The first kappa shape index (κ1) is 13.5. The highest BCUT2D eigenvalue weighted by Crippen LogP contribution is 2.34. The molecule has 106 valence electrons. The van der Waals surface area contributed by atoms with Gasteiger partial charge in [0.25, 0.3) is 0 Å². The van der Waals surface area contributed by atoms with Crippen LogP contribution in [0.25, 0.3) is 0 Å². The van der Waals surface area contributed by atoms with Crippen molar-refractivity contribution in [1.82, 2.24) is 15.2 Å². The summed E-state index contributed by atoms with van der Waals surface area (Å²) in [7, 11) is 0.